The topological polar surface area (TPSA) is 68.6 Å². The second kappa shape index (κ2) is 10.2. The molecule has 0 atom stereocenters. The zero-order chi connectivity index (χ0) is 20.7. The van der Waals surface area contributed by atoms with E-state index in [1.807, 2.05) is 13.8 Å². The Hall–Kier alpha value is -2.38. The number of carbonyl (C=O) groups is 2. The van der Waals surface area contributed by atoms with Crippen LogP contribution in [0.4, 0.5) is 0 Å². The number of benzene rings is 1. The Bertz CT molecular complexity index is 1000. The van der Waals surface area contributed by atoms with E-state index < -0.39 is 5.97 Å². The van der Waals surface area contributed by atoms with Gasteiger partial charge in [-0.25, -0.2) is 4.79 Å². The summed E-state index contributed by atoms with van der Waals surface area (Å²) in [5, 5.41) is 0.599. The molecule has 28 heavy (non-hydrogen) atoms. The van der Waals surface area contributed by atoms with Crippen molar-refractivity contribution < 1.29 is 14.3 Å². The second-order valence-corrected chi connectivity index (χ2v) is 7.35. The number of carbonyl (C=O) groups excluding carboxylic acids is 2. The number of hydrogen-bond acceptors (Lipinski definition) is 5. The Morgan fingerprint density at radius 3 is 2.39 bits per heavy atom. The van der Waals surface area contributed by atoms with Crippen LogP contribution in [-0.4, -0.2) is 41.0 Å². The summed E-state index contributed by atoms with van der Waals surface area (Å²) < 4.78 is 7.08. The highest BCUT2D eigenvalue weighted by molar-refractivity contribution is 7.07. The first-order valence-corrected chi connectivity index (χ1v) is 10.2. The fourth-order valence-electron chi connectivity index (χ4n) is 2.60. The Morgan fingerprint density at radius 1 is 1.18 bits per heavy atom. The van der Waals surface area contributed by atoms with Gasteiger partial charge in [-0.05, 0) is 44.5 Å². The van der Waals surface area contributed by atoms with Crippen molar-refractivity contribution in [2.75, 3.05) is 19.7 Å². The third kappa shape index (κ3) is 5.56. The van der Waals surface area contributed by atoms with Gasteiger partial charge in [-0.3, -0.25) is 14.2 Å². The van der Waals surface area contributed by atoms with Gasteiger partial charge < -0.3 is 9.64 Å². The van der Waals surface area contributed by atoms with Crippen LogP contribution in [0.3, 0.4) is 0 Å². The molecule has 2 rings (SSSR count). The van der Waals surface area contributed by atoms with Crippen LogP contribution in [0, 0.1) is 0 Å². The number of aromatic nitrogens is 1. The Balaban J connectivity index is 2.56. The maximum atomic E-state index is 12.9. The molecule has 0 fully saturated rings. The molecule has 0 bridgehead atoms. The van der Waals surface area contributed by atoms with Crippen molar-refractivity contribution in [3.05, 3.63) is 54.4 Å². The molecule has 0 radical (unpaired) electrons. The van der Waals surface area contributed by atoms with Crippen LogP contribution in [0.2, 0.25) is 5.02 Å². The average Bonchev–Trinajstić information content (AvgIpc) is 2.93. The highest BCUT2D eigenvalue weighted by atomic mass is 35.5. The number of esters is 1. The first-order valence-electron chi connectivity index (χ1n) is 9.02. The van der Waals surface area contributed by atoms with Crippen LogP contribution >= 0.6 is 22.9 Å². The first kappa shape index (κ1) is 21.9. The summed E-state index contributed by atoms with van der Waals surface area (Å²) in [6.45, 7) is 6.66. The molecule has 0 N–H and O–H groups in total. The molecule has 0 unspecified atom stereocenters. The molecule has 1 amide bonds. The van der Waals surface area contributed by atoms with E-state index in [0.717, 1.165) is 16.9 Å². The third-order valence-electron chi connectivity index (χ3n) is 4.04. The van der Waals surface area contributed by atoms with Crippen LogP contribution in [0.1, 0.15) is 26.3 Å². The lowest BCUT2D eigenvalue weighted by Gasteiger charge is -2.18. The van der Waals surface area contributed by atoms with Crippen molar-refractivity contribution in [2.24, 2.45) is 0 Å². The molecule has 1 aromatic heterocycles. The lowest BCUT2D eigenvalue weighted by molar-refractivity contribution is -0.135. The van der Waals surface area contributed by atoms with Crippen LogP contribution in [0.5, 0.6) is 0 Å². The normalized spacial score (nSPS) is 12.3. The lowest BCUT2D eigenvalue weighted by atomic mass is 10.2. The highest BCUT2D eigenvalue weighted by Gasteiger charge is 2.14. The van der Waals surface area contributed by atoms with E-state index in [1.54, 1.807) is 42.2 Å². The number of ether oxygens (including phenoxy) is 1. The van der Waals surface area contributed by atoms with E-state index in [1.165, 1.54) is 10.6 Å². The zero-order valence-electron chi connectivity index (χ0n) is 16.1. The van der Waals surface area contributed by atoms with Gasteiger partial charge in [0.2, 0.25) is 5.91 Å². The van der Waals surface area contributed by atoms with Crippen LogP contribution in [0.25, 0.3) is 12.2 Å². The van der Waals surface area contributed by atoms with E-state index in [9.17, 15) is 14.4 Å². The maximum absolute atomic E-state index is 12.9. The molecule has 0 saturated heterocycles. The number of rotatable bonds is 7. The van der Waals surface area contributed by atoms with Crippen LogP contribution < -0.4 is 14.8 Å². The fourth-order valence-corrected chi connectivity index (χ4v) is 3.76. The predicted octanol–water partition coefficient (Wildman–Crippen LogP) is 1.60. The van der Waals surface area contributed by atoms with Gasteiger partial charge in [0.25, 0.3) is 5.56 Å². The molecule has 0 aliphatic rings. The van der Waals surface area contributed by atoms with E-state index in [4.69, 9.17) is 16.3 Å². The van der Waals surface area contributed by atoms with Gasteiger partial charge in [0, 0.05) is 18.1 Å². The number of thiazole rings is 1. The molecule has 2 aromatic rings. The summed E-state index contributed by atoms with van der Waals surface area (Å²) in [5.41, 5.74) is 0.476. The SMILES string of the molecule is CCOC(=O)/C=c1\s/c(=C\c2ccc(Cl)cc2)c(=O)n1CC(=O)N(CC)CC. The Labute approximate surface area is 172 Å². The van der Waals surface area contributed by atoms with Gasteiger partial charge in [0.05, 0.1) is 17.2 Å². The average molecular weight is 423 g/mol. The summed E-state index contributed by atoms with van der Waals surface area (Å²) in [7, 11) is 0. The van der Waals surface area contributed by atoms with Crippen LogP contribution in [0.15, 0.2) is 29.1 Å². The molecule has 8 heteroatoms. The zero-order valence-corrected chi connectivity index (χ0v) is 17.7. The molecule has 1 heterocycles. The molecule has 0 aliphatic heterocycles. The maximum Gasteiger partial charge on any atom is 0.333 e. The van der Waals surface area contributed by atoms with E-state index in [2.05, 4.69) is 0 Å². The van der Waals surface area contributed by atoms with Crippen LogP contribution in [-0.2, 0) is 20.9 Å². The number of hydrogen-bond donors (Lipinski definition) is 0. The molecular weight excluding hydrogens is 400 g/mol. The molecule has 150 valence electrons. The number of halogens is 1. The predicted molar refractivity (Wildman–Crippen MR) is 112 cm³/mol. The lowest BCUT2D eigenvalue weighted by Crippen LogP contribution is -2.40. The van der Waals surface area contributed by atoms with Crippen molar-refractivity contribution in [3.63, 3.8) is 0 Å². The van der Waals surface area contributed by atoms with Crippen molar-refractivity contribution in [2.45, 2.75) is 27.3 Å². The Kier molecular flexibility index (Phi) is 8.02. The quantitative estimate of drug-likeness (QED) is 0.635. The van der Waals surface area contributed by atoms with Gasteiger partial charge in [-0.15, -0.1) is 11.3 Å². The van der Waals surface area contributed by atoms with Gasteiger partial charge >= 0.3 is 5.97 Å². The first-order chi connectivity index (χ1) is 13.4. The monoisotopic (exact) mass is 422 g/mol. The molecule has 0 aliphatic carbocycles. The highest BCUT2D eigenvalue weighted by Crippen LogP contribution is 2.09. The van der Waals surface area contributed by atoms with Crippen molar-refractivity contribution >= 4 is 47.0 Å². The molecule has 0 saturated carbocycles. The van der Waals surface area contributed by atoms with Gasteiger partial charge in [0.1, 0.15) is 11.2 Å². The third-order valence-corrected chi connectivity index (χ3v) is 5.35. The van der Waals surface area contributed by atoms with Gasteiger partial charge in [0.15, 0.2) is 0 Å². The minimum atomic E-state index is -0.550. The molecule has 1 aromatic carbocycles. The van der Waals surface area contributed by atoms with Crippen molar-refractivity contribution in [1.82, 2.24) is 9.47 Å². The van der Waals surface area contributed by atoms with Gasteiger partial charge in [-0.1, -0.05) is 23.7 Å². The number of nitrogens with zero attached hydrogens (tertiary/aromatic N) is 2. The summed E-state index contributed by atoms with van der Waals surface area (Å²) >= 11 is 7.04. The smallest absolute Gasteiger partial charge is 0.333 e. The second-order valence-electron chi connectivity index (χ2n) is 5.85. The van der Waals surface area contributed by atoms with Crippen molar-refractivity contribution in [1.29, 1.82) is 0 Å². The molecular formula is C20H23ClN2O4S. The minimum absolute atomic E-state index is 0.128. The number of likely N-dealkylation sites (N-methyl/N-ethyl adjacent to an activating group) is 1. The van der Waals surface area contributed by atoms with E-state index in [0.29, 0.717) is 27.3 Å². The summed E-state index contributed by atoms with van der Waals surface area (Å²) in [4.78, 5) is 39.0. The number of amides is 1. The summed E-state index contributed by atoms with van der Waals surface area (Å²) in [6.07, 6.45) is 2.97. The standard InChI is InChI=1S/C20H23ClN2O4S/c1-4-22(5-2)17(24)13-23-18(12-19(25)27-6-3)28-16(20(23)26)11-14-7-9-15(21)10-8-14/h7-12H,4-6,13H2,1-3H3/b16-11-,18-12-. The largest absolute Gasteiger partial charge is 0.463 e. The minimum Gasteiger partial charge on any atom is -0.463 e. The van der Waals surface area contributed by atoms with E-state index in [-0.39, 0.29) is 24.6 Å². The van der Waals surface area contributed by atoms with Gasteiger partial charge in [-0.2, -0.15) is 0 Å². The van der Waals surface area contributed by atoms with Crippen molar-refractivity contribution in [3.8, 4) is 0 Å². The summed E-state index contributed by atoms with van der Waals surface area (Å²) in [5.74, 6) is -0.729. The Morgan fingerprint density at radius 2 is 1.82 bits per heavy atom. The summed E-state index contributed by atoms with van der Waals surface area (Å²) in [6, 6.07) is 7.05. The molecule has 0 spiro atoms. The van der Waals surface area contributed by atoms with E-state index >= 15 is 0 Å². The fraction of sp³-hybridized carbons (Fsp3) is 0.350. The molecule has 6 nitrogen and oxygen atoms in total.